The Bertz CT molecular complexity index is 2020. The highest BCUT2D eigenvalue weighted by Gasteiger charge is 2.37. The minimum absolute atomic E-state index is 0.285. The number of carbonyl (C=O) groups excluding carboxylic acids is 1. The zero-order chi connectivity index (χ0) is 31.8. The molecule has 1 amide bonds. The summed E-state index contributed by atoms with van der Waals surface area (Å²) in [7, 11) is 0. The molecule has 2 aromatic carbocycles. The van der Waals surface area contributed by atoms with Crippen LogP contribution in [0.15, 0.2) is 47.5 Å². The Kier molecular flexibility index (Phi) is 6.64. The molecule has 0 bridgehead atoms. The molecule has 5 aromatic rings. The van der Waals surface area contributed by atoms with E-state index in [1.165, 1.54) is 0 Å². The molecule has 45 heavy (non-hydrogen) atoms. The van der Waals surface area contributed by atoms with Crippen LogP contribution in [-0.4, -0.2) is 58.4 Å². The molecule has 7 rings (SSSR count). The van der Waals surface area contributed by atoms with E-state index in [0.717, 1.165) is 41.0 Å². The molecule has 0 saturated carbocycles. The number of aryl methyl sites for hydroxylation is 3. The van der Waals surface area contributed by atoms with Gasteiger partial charge >= 0.3 is 11.8 Å². The van der Waals surface area contributed by atoms with Crippen molar-refractivity contribution in [1.82, 2.24) is 33.6 Å². The van der Waals surface area contributed by atoms with E-state index in [-0.39, 0.29) is 11.5 Å². The molecule has 0 radical (unpaired) electrons. The third-order valence-electron chi connectivity index (χ3n) is 8.45. The molecule has 12 heteroatoms. The summed E-state index contributed by atoms with van der Waals surface area (Å²) in [5.74, 6) is 0.954. The maximum atomic E-state index is 14.7. The van der Waals surface area contributed by atoms with Crippen LogP contribution in [-0.2, 0) is 17.7 Å². The standard InChI is InChI=1S/C33H36FN7O4/c1-19-16-23(17-20(2)28(19)34)41-29(27-21(3)37(12-10-25(27)36-41)32(43)45-33(4,5)6)39-14-13-38(31(39)42)22-8-9-24-26(18-22)35-40-11-7-15-44-30(24)40/h8-9,13-14,16-18,21H,7,10-12,15H2,1-6H3/t21-/m0/s1. The van der Waals surface area contributed by atoms with Gasteiger partial charge in [0.15, 0.2) is 0 Å². The van der Waals surface area contributed by atoms with Gasteiger partial charge in [-0.25, -0.2) is 23.3 Å². The van der Waals surface area contributed by atoms with Gasteiger partial charge in [0.05, 0.1) is 40.6 Å². The number of imidazole rings is 1. The summed E-state index contributed by atoms with van der Waals surface area (Å²) in [6.45, 7) is 12.7. The van der Waals surface area contributed by atoms with Crippen LogP contribution in [0.2, 0.25) is 0 Å². The summed E-state index contributed by atoms with van der Waals surface area (Å²) in [5.41, 5.74) is 3.47. The number of hydrogen-bond acceptors (Lipinski definition) is 6. The van der Waals surface area contributed by atoms with Gasteiger partial charge in [-0.3, -0.25) is 9.13 Å². The van der Waals surface area contributed by atoms with E-state index in [2.05, 4.69) is 0 Å². The Morgan fingerprint density at radius 2 is 1.76 bits per heavy atom. The first-order valence-electron chi connectivity index (χ1n) is 15.2. The zero-order valence-electron chi connectivity index (χ0n) is 26.3. The predicted octanol–water partition coefficient (Wildman–Crippen LogP) is 5.56. The third kappa shape index (κ3) is 4.79. The van der Waals surface area contributed by atoms with E-state index in [4.69, 9.17) is 19.7 Å². The fourth-order valence-electron chi connectivity index (χ4n) is 6.35. The van der Waals surface area contributed by atoms with Gasteiger partial charge in [-0.15, -0.1) is 0 Å². The summed E-state index contributed by atoms with van der Waals surface area (Å²) >= 11 is 0. The topological polar surface area (TPSA) is 101 Å². The van der Waals surface area contributed by atoms with Crippen LogP contribution in [0.4, 0.5) is 9.18 Å². The quantitative estimate of drug-likeness (QED) is 0.264. The van der Waals surface area contributed by atoms with Crippen molar-refractivity contribution in [3.8, 4) is 23.1 Å². The number of amides is 1. The molecular weight excluding hydrogens is 577 g/mol. The molecule has 2 aliphatic heterocycles. The van der Waals surface area contributed by atoms with Crippen molar-refractivity contribution >= 4 is 17.0 Å². The van der Waals surface area contributed by atoms with Crippen molar-refractivity contribution in [1.29, 1.82) is 0 Å². The third-order valence-corrected chi connectivity index (χ3v) is 8.45. The molecule has 0 spiro atoms. The van der Waals surface area contributed by atoms with Crippen molar-refractivity contribution in [3.63, 3.8) is 0 Å². The second kappa shape index (κ2) is 10.4. The molecule has 0 fully saturated rings. The second-order valence-corrected chi connectivity index (χ2v) is 12.8. The highest BCUT2D eigenvalue weighted by Crippen LogP contribution is 2.37. The van der Waals surface area contributed by atoms with Crippen LogP contribution in [0.25, 0.3) is 28.1 Å². The van der Waals surface area contributed by atoms with Crippen LogP contribution < -0.4 is 10.4 Å². The lowest BCUT2D eigenvalue weighted by atomic mass is 10.00. The number of fused-ring (bicyclic) bond motifs is 4. The molecule has 11 nitrogen and oxygen atoms in total. The molecule has 3 aromatic heterocycles. The van der Waals surface area contributed by atoms with E-state index in [9.17, 15) is 14.0 Å². The van der Waals surface area contributed by atoms with Gasteiger partial charge in [0.25, 0.3) is 0 Å². The van der Waals surface area contributed by atoms with E-state index in [1.54, 1.807) is 57.1 Å². The summed E-state index contributed by atoms with van der Waals surface area (Å²) in [4.78, 5) is 29.2. The molecule has 0 N–H and O–H groups in total. The summed E-state index contributed by atoms with van der Waals surface area (Å²) < 4.78 is 32.9. The monoisotopic (exact) mass is 613 g/mol. The van der Waals surface area contributed by atoms with Crippen molar-refractivity contribution in [2.45, 2.75) is 72.6 Å². The van der Waals surface area contributed by atoms with Crippen molar-refractivity contribution in [3.05, 3.63) is 81.4 Å². The largest absolute Gasteiger partial charge is 0.477 e. The Balaban J connectivity index is 1.38. The van der Waals surface area contributed by atoms with Crippen LogP contribution in [0.3, 0.4) is 0 Å². The number of ether oxygens (including phenoxy) is 2. The molecule has 0 unspecified atom stereocenters. The number of nitrogens with zero attached hydrogens (tertiary/aromatic N) is 7. The van der Waals surface area contributed by atoms with Crippen LogP contribution in [0.5, 0.6) is 5.88 Å². The first-order valence-corrected chi connectivity index (χ1v) is 15.2. The average Bonchev–Trinajstić information content (AvgIpc) is 3.67. The summed E-state index contributed by atoms with van der Waals surface area (Å²) in [5, 5.41) is 10.5. The fourth-order valence-corrected chi connectivity index (χ4v) is 6.35. The van der Waals surface area contributed by atoms with E-state index >= 15 is 0 Å². The Labute approximate surface area is 259 Å². The number of rotatable bonds is 3. The lowest BCUT2D eigenvalue weighted by Gasteiger charge is -2.34. The van der Waals surface area contributed by atoms with Crippen LogP contribution in [0.1, 0.15) is 62.5 Å². The van der Waals surface area contributed by atoms with E-state index < -0.39 is 17.7 Å². The van der Waals surface area contributed by atoms with Crippen molar-refractivity contribution < 1.29 is 18.7 Å². The molecule has 0 aliphatic carbocycles. The predicted molar refractivity (Wildman–Crippen MR) is 166 cm³/mol. The molecule has 0 saturated heterocycles. The van der Waals surface area contributed by atoms with Gasteiger partial charge in [-0.05, 0) is 83.0 Å². The Hall–Kier alpha value is -4.87. The van der Waals surface area contributed by atoms with Gasteiger partial charge in [-0.1, -0.05) is 0 Å². The Morgan fingerprint density at radius 3 is 2.49 bits per heavy atom. The number of halogens is 1. The SMILES string of the molecule is Cc1cc(-n2nc3c(c2-n2ccn(-c4ccc5c6n(nc5c4)CCCO6)c2=O)[C@H](C)N(C(=O)OC(C)(C)C)CC3)cc(C)c1F. The first-order chi connectivity index (χ1) is 21.4. The number of carbonyl (C=O) groups is 1. The molecule has 1 atom stereocenters. The van der Waals surface area contributed by atoms with Gasteiger partial charge < -0.3 is 14.4 Å². The zero-order valence-corrected chi connectivity index (χ0v) is 26.3. The minimum Gasteiger partial charge on any atom is -0.477 e. The lowest BCUT2D eigenvalue weighted by molar-refractivity contribution is 0.0159. The number of aromatic nitrogens is 6. The normalized spacial score (nSPS) is 16.4. The van der Waals surface area contributed by atoms with E-state index in [1.807, 2.05) is 50.6 Å². The lowest BCUT2D eigenvalue weighted by Crippen LogP contribution is -2.42. The highest BCUT2D eigenvalue weighted by atomic mass is 19.1. The van der Waals surface area contributed by atoms with Gasteiger partial charge in [0, 0.05) is 43.9 Å². The minimum atomic E-state index is -0.664. The average molecular weight is 614 g/mol. The van der Waals surface area contributed by atoms with Crippen LogP contribution >= 0.6 is 0 Å². The van der Waals surface area contributed by atoms with Gasteiger partial charge in [0.2, 0.25) is 5.88 Å². The van der Waals surface area contributed by atoms with Crippen molar-refractivity contribution in [2.75, 3.05) is 13.2 Å². The second-order valence-electron chi connectivity index (χ2n) is 12.8. The van der Waals surface area contributed by atoms with Crippen LogP contribution in [0, 0.1) is 19.7 Å². The maximum absolute atomic E-state index is 14.7. The summed E-state index contributed by atoms with van der Waals surface area (Å²) in [6.07, 6.45) is 4.34. The van der Waals surface area contributed by atoms with Gasteiger partial charge in [-0.2, -0.15) is 10.2 Å². The molecule has 2 aliphatic rings. The maximum Gasteiger partial charge on any atom is 0.410 e. The smallest absolute Gasteiger partial charge is 0.410 e. The molecular formula is C33H36FN7O4. The molecule has 234 valence electrons. The van der Waals surface area contributed by atoms with Gasteiger partial charge in [0.1, 0.15) is 17.2 Å². The molecule has 5 heterocycles. The number of hydrogen-bond donors (Lipinski definition) is 0. The summed E-state index contributed by atoms with van der Waals surface area (Å²) in [6, 6.07) is 8.68. The van der Waals surface area contributed by atoms with E-state index in [0.29, 0.717) is 47.9 Å². The number of benzene rings is 2. The van der Waals surface area contributed by atoms with Crippen molar-refractivity contribution in [2.24, 2.45) is 0 Å². The fraction of sp³-hybridized carbons (Fsp3) is 0.394. The Morgan fingerprint density at radius 1 is 1.02 bits per heavy atom. The highest BCUT2D eigenvalue weighted by molar-refractivity contribution is 5.86. The first kappa shape index (κ1) is 28.9.